The van der Waals surface area contributed by atoms with Crippen molar-refractivity contribution < 1.29 is 4.79 Å². The first-order valence-corrected chi connectivity index (χ1v) is 9.71. The maximum absolute atomic E-state index is 11.5. The third kappa shape index (κ3) is 5.28. The van der Waals surface area contributed by atoms with E-state index in [-0.39, 0.29) is 11.8 Å². The van der Waals surface area contributed by atoms with Crippen LogP contribution in [0.2, 0.25) is 5.02 Å². The smallest absolute Gasteiger partial charge is 0.227 e. The number of anilines is 1. The predicted octanol–water partition coefficient (Wildman–Crippen LogP) is 3.94. The molecule has 0 bridgehead atoms. The summed E-state index contributed by atoms with van der Waals surface area (Å²) in [4.78, 5) is 22.5. The van der Waals surface area contributed by atoms with Gasteiger partial charge in [-0.15, -0.1) is 0 Å². The third-order valence-electron chi connectivity index (χ3n) is 4.02. The summed E-state index contributed by atoms with van der Waals surface area (Å²) in [5, 5.41) is 7.57. The van der Waals surface area contributed by atoms with Crippen molar-refractivity contribution in [1.29, 1.82) is 0 Å². The summed E-state index contributed by atoms with van der Waals surface area (Å²) in [7, 11) is 4.06. The molecule has 1 aromatic heterocycles. The second-order valence-corrected chi connectivity index (χ2v) is 8.17. The molecule has 0 fully saturated rings. The van der Waals surface area contributed by atoms with E-state index in [1.54, 1.807) is 6.20 Å². The molecule has 2 N–H and O–H groups in total. The van der Waals surface area contributed by atoms with Crippen LogP contribution in [0.4, 0.5) is 5.95 Å². The molecule has 1 aliphatic carbocycles. The summed E-state index contributed by atoms with van der Waals surface area (Å²) in [5.74, 6) is 0.654. The minimum Gasteiger partial charge on any atom is -0.328 e. The Morgan fingerprint density at radius 2 is 2.19 bits per heavy atom. The van der Waals surface area contributed by atoms with E-state index in [0.717, 1.165) is 34.2 Å². The molecule has 0 radical (unpaired) electrons. The van der Waals surface area contributed by atoms with Crippen molar-refractivity contribution in [2.45, 2.75) is 13.3 Å². The number of halogens is 2. The highest BCUT2D eigenvalue weighted by atomic mass is 79.9. The molecule has 142 valence electrons. The van der Waals surface area contributed by atoms with Crippen LogP contribution in [0.1, 0.15) is 13.3 Å². The minimum absolute atomic E-state index is 0.0957. The number of carbonyl (C=O) groups is 1. The summed E-state index contributed by atoms with van der Waals surface area (Å²) in [6, 6.07) is 3.74. The van der Waals surface area contributed by atoms with Crippen LogP contribution in [-0.4, -0.2) is 41.4 Å². The average molecular weight is 451 g/mol. The number of nitrogens with one attached hydrogen (secondary N) is 2. The van der Waals surface area contributed by atoms with Gasteiger partial charge in [-0.1, -0.05) is 33.6 Å². The summed E-state index contributed by atoms with van der Waals surface area (Å²) in [6.45, 7) is 2.38. The second-order valence-electron chi connectivity index (χ2n) is 6.84. The normalized spacial score (nSPS) is 16.9. The van der Waals surface area contributed by atoms with Gasteiger partial charge in [0.05, 0.1) is 10.5 Å². The number of carbonyl (C=O) groups excluding carboxylic acids is 1. The highest BCUT2D eigenvalue weighted by Crippen LogP contribution is 2.28. The molecule has 2 aromatic rings. The lowest BCUT2D eigenvalue weighted by atomic mass is 9.96. The van der Waals surface area contributed by atoms with E-state index in [1.807, 2.05) is 32.3 Å². The molecule has 1 amide bonds. The highest BCUT2D eigenvalue weighted by Gasteiger charge is 2.18. The van der Waals surface area contributed by atoms with Crippen LogP contribution in [0.15, 0.2) is 46.3 Å². The minimum atomic E-state index is -0.0957. The van der Waals surface area contributed by atoms with E-state index in [4.69, 9.17) is 11.6 Å². The molecule has 1 aromatic carbocycles. The van der Waals surface area contributed by atoms with Crippen molar-refractivity contribution in [3.63, 3.8) is 0 Å². The van der Waals surface area contributed by atoms with E-state index in [1.165, 1.54) is 6.92 Å². The van der Waals surface area contributed by atoms with Crippen LogP contribution < -0.4 is 10.6 Å². The molecule has 27 heavy (non-hydrogen) atoms. The van der Waals surface area contributed by atoms with Gasteiger partial charge in [0.15, 0.2) is 0 Å². The third-order valence-corrected chi connectivity index (χ3v) is 4.77. The number of aromatic nitrogens is 2. The molecule has 0 aliphatic heterocycles. The van der Waals surface area contributed by atoms with Crippen LogP contribution in [0, 0.1) is 5.92 Å². The molecule has 3 rings (SSSR count). The summed E-state index contributed by atoms with van der Waals surface area (Å²) in [5.41, 5.74) is 2.42. The van der Waals surface area contributed by atoms with Gasteiger partial charge in [0.2, 0.25) is 11.9 Å². The quantitative estimate of drug-likeness (QED) is 0.722. The lowest BCUT2D eigenvalue weighted by Gasteiger charge is -2.25. The fourth-order valence-corrected chi connectivity index (χ4v) is 3.99. The summed E-state index contributed by atoms with van der Waals surface area (Å²) < 4.78 is 0.885. The van der Waals surface area contributed by atoms with E-state index >= 15 is 0 Å². The van der Waals surface area contributed by atoms with Crippen molar-refractivity contribution in [2.24, 2.45) is 5.92 Å². The predicted molar refractivity (Wildman–Crippen MR) is 113 cm³/mol. The Labute approximate surface area is 171 Å². The van der Waals surface area contributed by atoms with E-state index in [0.29, 0.717) is 16.5 Å². The molecule has 0 spiro atoms. The number of fused-ring (bicyclic) bond motifs is 1. The number of rotatable bonds is 5. The average Bonchev–Trinajstić information content (AvgIpc) is 2.54. The Morgan fingerprint density at radius 1 is 1.41 bits per heavy atom. The first-order valence-electron chi connectivity index (χ1n) is 8.53. The Balaban J connectivity index is 1.86. The van der Waals surface area contributed by atoms with E-state index < -0.39 is 0 Å². The number of benzene rings is 1. The van der Waals surface area contributed by atoms with Gasteiger partial charge in [-0.3, -0.25) is 4.79 Å². The highest BCUT2D eigenvalue weighted by molar-refractivity contribution is 9.10. The zero-order valence-electron chi connectivity index (χ0n) is 15.4. The Hall–Kier alpha value is -1.96. The topological polar surface area (TPSA) is 70.2 Å². The fraction of sp³-hybridized carbons (Fsp3) is 0.316. The molecule has 0 saturated carbocycles. The SMILES string of the molecule is CC(=O)NC1=CC(CN(C)C)CC(Nc2ncc3cc(Br)cc(Cl)c3n2)=C1. The molecule has 1 unspecified atom stereocenters. The van der Waals surface area contributed by atoms with Gasteiger partial charge in [0.25, 0.3) is 0 Å². The molecule has 1 aliphatic rings. The zero-order chi connectivity index (χ0) is 19.6. The molecule has 8 heteroatoms. The number of amides is 1. The Morgan fingerprint density at radius 3 is 2.89 bits per heavy atom. The standard InChI is InChI=1S/C19H21BrClN5O/c1-11(27)23-15-4-12(10-26(2)3)5-16(8-15)24-19-22-9-13-6-14(20)7-17(21)18(13)25-19/h4,6-9,12H,5,10H2,1-3H3,(H,23,27)(H,22,24,25). The van der Waals surface area contributed by atoms with Gasteiger partial charge < -0.3 is 15.5 Å². The van der Waals surface area contributed by atoms with Gasteiger partial charge in [-0.2, -0.15) is 0 Å². The van der Waals surface area contributed by atoms with E-state index in [2.05, 4.69) is 47.5 Å². The van der Waals surface area contributed by atoms with Gasteiger partial charge >= 0.3 is 0 Å². The van der Waals surface area contributed by atoms with Crippen molar-refractivity contribution in [3.05, 3.63) is 51.4 Å². The number of hydrogen-bond donors (Lipinski definition) is 2. The van der Waals surface area contributed by atoms with E-state index in [9.17, 15) is 4.79 Å². The molecule has 6 nitrogen and oxygen atoms in total. The molecular weight excluding hydrogens is 430 g/mol. The molecule has 0 saturated heterocycles. The van der Waals surface area contributed by atoms with Gasteiger partial charge in [0, 0.05) is 40.9 Å². The van der Waals surface area contributed by atoms with Gasteiger partial charge in [-0.05, 0) is 44.6 Å². The lowest BCUT2D eigenvalue weighted by molar-refractivity contribution is -0.118. The largest absolute Gasteiger partial charge is 0.328 e. The van der Waals surface area contributed by atoms with Crippen LogP contribution >= 0.6 is 27.5 Å². The fourth-order valence-electron chi connectivity index (χ4n) is 3.12. The van der Waals surface area contributed by atoms with Crippen molar-refractivity contribution in [2.75, 3.05) is 26.0 Å². The van der Waals surface area contributed by atoms with Crippen LogP contribution in [0.3, 0.4) is 0 Å². The van der Waals surface area contributed by atoms with Crippen LogP contribution in [0.5, 0.6) is 0 Å². The molecule has 1 heterocycles. The number of allylic oxidation sites excluding steroid dienone is 2. The maximum Gasteiger partial charge on any atom is 0.227 e. The van der Waals surface area contributed by atoms with Crippen molar-refractivity contribution in [1.82, 2.24) is 20.2 Å². The zero-order valence-corrected chi connectivity index (χ0v) is 17.7. The van der Waals surface area contributed by atoms with Crippen molar-refractivity contribution >= 4 is 50.3 Å². The summed E-state index contributed by atoms with van der Waals surface area (Å²) >= 11 is 9.74. The van der Waals surface area contributed by atoms with Crippen LogP contribution in [0.25, 0.3) is 10.9 Å². The number of nitrogens with zero attached hydrogens (tertiary/aromatic N) is 3. The Bertz CT molecular complexity index is 941. The first kappa shape index (κ1) is 19.8. The van der Waals surface area contributed by atoms with Crippen LogP contribution in [-0.2, 0) is 4.79 Å². The molecular formula is C19H21BrClN5O. The summed E-state index contributed by atoms with van der Waals surface area (Å²) in [6.07, 6.45) is 6.55. The first-order chi connectivity index (χ1) is 12.8. The maximum atomic E-state index is 11.5. The Kier molecular flexibility index (Phi) is 6.14. The van der Waals surface area contributed by atoms with Gasteiger partial charge in [0.1, 0.15) is 0 Å². The van der Waals surface area contributed by atoms with Gasteiger partial charge in [-0.25, -0.2) is 9.97 Å². The number of hydrogen-bond acceptors (Lipinski definition) is 5. The lowest BCUT2D eigenvalue weighted by Crippen LogP contribution is -2.27. The monoisotopic (exact) mass is 449 g/mol. The van der Waals surface area contributed by atoms with Crippen molar-refractivity contribution in [3.8, 4) is 0 Å². The molecule has 1 atom stereocenters. The second kappa shape index (κ2) is 8.37.